The number of hydrogen-bond donors (Lipinski definition) is 0. The van der Waals surface area contributed by atoms with E-state index in [9.17, 15) is 18.0 Å². The van der Waals surface area contributed by atoms with Gasteiger partial charge in [-0.15, -0.1) is 0 Å². The van der Waals surface area contributed by atoms with Crippen molar-refractivity contribution in [3.63, 3.8) is 0 Å². The molecule has 0 N–H and O–H groups in total. The molecule has 0 unspecified atom stereocenters. The molecule has 1 fully saturated rings. The smallest absolute Gasteiger partial charge is 0.306 e. The number of esters is 1. The van der Waals surface area contributed by atoms with Crippen molar-refractivity contribution in [2.24, 2.45) is 0 Å². The van der Waals surface area contributed by atoms with Crippen LogP contribution in [0.25, 0.3) is 0 Å². The van der Waals surface area contributed by atoms with Gasteiger partial charge in [0.2, 0.25) is 0 Å². The van der Waals surface area contributed by atoms with Gasteiger partial charge in [-0.2, -0.15) is 0 Å². The van der Waals surface area contributed by atoms with Gasteiger partial charge in [-0.1, -0.05) is 23.4 Å². The molecule has 0 saturated carbocycles. The van der Waals surface area contributed by atoms with Gasteiger partial charge in [0, 0.05) is 17.7 Å². The Labute approximate surface area is 169 Å². The molecule has 0 bridgehead atoms. The van der Waals surface area contributed by atoms with E-state index in [1.54, 1.807) is 38.1 Å². The molecular formula is C20H24N2O6S. The largest absolute Gasteiger partial charge is 0.456 e. The van der Waals surface area contributed by atoms with Crippen molar-refractivity contribution in [1.29, 1.82) is 0 Å². The molecule has 2 heterocycles. The summed E-state index contributed by atoms with van der Waals surface area (Å²) in [6.45, 7) is 3.14. The van der Waals surface area contributed by atoms with Gasteiger partial charge in [0.05, 0.1) is 23.2 Å². The summed E-state index contributed by atoms with van der Waals surface area (Å²) < 4.78 is 34.0. The first-order valence-corrected chi connectivity index (χ1v) is 11.2. The summed E-state index contributed by atoms with van der Waals surface area (Å²) in [6, 6.07) is 8.37. The molecule has 2 aromatic rings. The molecular weight excluding hydrogens is 396 g/mol. The van der Waals surface area contributed by atoms with Crippen LogP contribution >= 0.6 is 0 Å². The van der Waals surface area contributed by atoms with Gasteiger partial charge in [-0.3, -0.25) is 9.59 Å². The van der Waals surface area contributed by atoms with Crippen molar-refractivity contribution in [2.75, 3.05) is 23.0 Å². The van der Waals surface area contributed by atoms with Crippen LogP contribution in [0.15, 0.2) is 34.9 Å². The fourth-order valence-electron chi connectivity index (χ4n) is 3.50. The van der Waals surface area contributed by atoms with Gasteiger partial charge in [0.1, 0.15) is 5.76 Å². The lowest BCUT2D eigenvalue weighted by Gasteiger charge is -2.28. The molecule has 0 radical (unpaired) electrons. The van der Waals surface area contributed by atoms with Crippen LogP contribution in [-0.4, -0.2) is 49.6 Å². The minimum atomic E-state index is -3.17. The summed E-state index contributed by atoms with van der Waals surface area (Å²) in [6.07, 6.45) is 0.875. The van der Waals surface area contributed by atoms with Crippen LogP contribution in [0.4, 0.5) is 5.69 Å². The van der Waals surface area contributed by atoms with E-state index in [1.807, 2.05) is 6.07 Å². The van der Waals surface area contributed by atoms with Gasteiger partial charge in [-0.25, -0.2) is 8.42 Å². The average Bonchev–Trinajstić information content (AvgIpc) is 3.20. The maximum atomic E-state index is 12.8. The predicted molar refractivity (Wildman–Crippen MR) is 106 cm³/mol. The van der Waals surface area contributed by atoms with Crippen molar-refractivity contribution in [1.82, 2.24) is 5.16 Å². The summed E-state index contributed by atoms with van der Waals surface area (Å²) >= 11 is 0. The Kier molecular flexibility index (Phi) is 6.36. The summed E-state index contributed by atoms with van der Waals surface area (Å²) in [5.41, 5.74) is 2.17. The fraction of sp³-hybridized carbons (Fsp3) is 0.450. The van der Waals surface area contributed by atoms with Crippen LogP contribution in [0.1, 0.15) is 29.9 Å². The first-order chi connectivity index (χ1) is 13.8. The molecule has 29 heavy (non-hydrogen) atoms. The number of aryl methyl sites for hydroxylation is 2. The Bertz CT molecular complexity index is 964. The number of aromatic nitrogens is 1. The third-order valence-corrected chi connectivity index (χ3v) is 6.74. The van der Waals surface area contributed by atoms with E-state index < -0.39 is 34.4 Å². The van der Waals surface area contributed by atoms with Crippen LogP contribution in [0, 0.1) is 13.8 Å². The molecule has 1 aliphatic rings. The molecule has 1 saturated heterocycles. The van der Waals surface area contributed by atoms with E-state index in [2.05, 4.69) is 5.16 Å². The molecule has 0 aliphatic carbocycles. The van der Waals surface area contributed by atoms with Crippen LogP contribution in [0.3, 0.4) is 0 Å². The average molecular weight is 420 g/mol. The Balaban J connectivity index is 1.62. The first kappa shape index (κ1) is 21.0. The summed E-state index contributed by atoms with van der Waals surface area (Å²) in [4.78, 5) is 26.4. The Morgan fingerprint density at radius 3 is 2.55 bits per heavy atom. The molecule has 0 spiro atoms. The highest BCUT2D eigenvalue weighted by Gasteiger charge is 2.35. The number of rotatable bonds is 7. The number of hydrogen-bond acceptors (Lipinski definition) is 7. The van der Waals surface area contributed by atoms with Crippen LogP contribution in [0.5, 0.6) is 0 Å². The highest BCUT2D eigenvalue weighted by atomic mass is 32.2. The lowest BCUT2D eigenvalue weighted by atomic mass is 10.1. The Hall–Kier alpha value is -2.68. The minimum Gasteiger partial charge on any atom is -0.456 e. The van der Waals surface area contributed by atoms with Crippen molar-refractivity contribution < 1.29 is 27.3 Å². The van der Waals surface area contributed by atoms with Gasteiger partial charge in [-0.05, 0) is 38.8 Å². The van der Waals surface area contributed by atoms with Gasteiger partial charge in [0.15, 0.2) is 16.4 Å². The summed E-state index contributed by atoms with van der Waals surface area (Å²) in [5, 5.41) is 3.84. The van der Waals surface area contributed by atoms with Crippen LogP contribution in [0.2, 0.25) is 0 Å². The van der Waals surface area contributed by atoms with E-state index in [0.717, 1.165) is 11.3 Å². The SMILES string of the molecule is Cc1noc(C)c1CCC(=O)OCC(=O)N(c1ccccc1)[C@H]1CCS(=O)(=O)C1. The Morgan fingerprint density at radius 2 is 1.97 bits per heavy atom. The Morgan fingerprint density at radius 1 is 1.24 bits per heavy atom. The quantitative estimate of drug-likeness (QED) is 0.631. The van der Waals surface area contributed by atoms with Crippen molar-refractivity contribution in [3.8, 4) is 0 Å². The number of benzene rings is 1. The maximum Gasteiger partial charge on any atom is 0.306 e. The summed E-state index contributed by atoms with van der Waals surface area (Å²) in [7, 11) is -3.17. The molecule has 1 aromatic heterocycles. The lowest BCUT2D eigenvalue weighted by molar-refractivity contribution is -0.147. The van der Waals surface area contributed by atoms with Crippen LogP contribution in [-0.2, 0) is 30.6 Å². The van der Waals surface area contributed by atoms with Gasteiger partial charge >= 0.3 is 5.97 Å². The number of carbonyl (C=O) groups is 2. The number of ether oxygens (including phenoxy) is 1. The fourth-order valence-corrected chi connectivity index (χ4v) is 5.20. The second-order valence-electron chi connectivity index (χ2n) is 7.12. The van der Waals surface area contributed by atoms with E-state index >= 15 is 0 Å². The van der Waals surface area contributed by atoms with E-state index in [4.69, 9.17) is 9.26 Å². The van der Waals surface area contributed by atoms with Crippen molar-refractivity contribution in [3.05, 3.63) is 47.3 Å². The van der Waals surface area contributed by atoms with E-state index in [-0.39, 0.29) is 17.9 Å². The second kappa shape index (κ2) is 8.77. The zero-order chi connectivity index (χ0) is 21.0. The molecule has 1 aromatic carbocycles. The van der Waals surface area contributed by atoms with E-state index in [0.29, 0.717) is 24.3 Å². The van der Waals surface area contributed by atoms with E-state index in [1.165, 1.54) is 4.90 Å². The van der Waals surface area contributed by atoms with Crippen LogP contribution < -0.4 is 4.90 Å². The number of nitrogens with zero attached hydrogens (tertiary/aromatic N) is 2. The number of para-hydroxylation sites is 1. The molecule has 9 heteroatoms. The maximum absolute atomic E-state index is 12.8. The second-order valence-corrected chi connectivity index (χ2v) is 9.35. The standard InChI is InChI=1S/C20H24N2O6S/c1-14-18(15(2)28-21-14)8-9-20(24)27-12-19(23)22(16-6-4-3-5-7-16)17-10-11-29(25,26)13-17/h3-7,17H,8-13H2,1-2H3/t17-/m0/s1. The highest BCUT2D eigenvalue weighted by Crippen LogP contribution is 2.24. The topological polar surface area (TPSA) is 107 Å². The molecule has 156 valence electrons. The molecule has 1 amide bonds. The number of sulfone groups is 1. The van der Waals surface area contributed by atoms with Gasteiger partial charge in [0.25, 0.3) is 5.91 Å². The number of carbonyl (C=O) groups excluding carboxylic acids is 2. The third-order valence-electron chi connectivity index (χ3n) is 4.99. The highest BCUT2D eigenvalue weighted by molar-refractivity contribution is 7.91. The zero-order valence-electron chi connectivity index (χ0n) is 16.5. The monoisotopic (exact) mass is 420 g/mol. The molecule has 3 rings (SSSR count). The first-order valence-electron chi connectivity index (χ1n) is 9.42. The number of amides is 1. The predicted octanol–water partition coefficient (Wildman–Crippen LogP) is 1.99. The number of anilines is 1. The molecule has 1 aliphatic heterocycles. The zero-order valence-corrected chi connectivity index (χ0v) is 17.3. The minimum absolute atomic E-state index is 0.0471. The molecule has 8 nitrogen and oxygen atoms in total. The van der Waals surface area contributed by atoms with Crippen molar-refractivity contribution in [2.45, 2.75) is 39.2 Å². The summed E-state index contributed by atoms with van der Waals surface area (Å²) in [5.74, 6) is -0.336. The normalized spacial score (nSPS) is 17.8. The van der Waals surface area contributed by atoms with Gasteiger partial charge < -0.3 is 14.2 Å². The van der Waals surface area contributed by atoms with Crippen molar-refractivity contribution >= 4 is 27.4 Å². The third kappa shape index (κ3) is 5.23. The molecule has 1 atom stereocenters. The lowest BCUT2D eigenvalue weighted by Crippen LogP contribution is -2.43.